The molecule has 1 heterocycles. The fraction of sp³-hybridized carbons (Fsp3) is 0.625. The first-order valence-corrected chi connectivity index (χ1v) is 7.38. The molecule has 1 unspecified atom stereocenters. The van der Waals surface area contributed by atoms with Crippen molar-refractivity contribution < 1.29 is 4.74 Å². The molecule has 0 aromatic heterocycles. The minimum absolute atomic E-state index is 0.433. The molecule has 0 amide bonds. The van der Waals surface area contributed by atoms with E-state index in [-0.39, 0.29) is 0 Å². The summed E-state index contributed by atoms with van der Waals surface area (Å²) in [6, 6.07) is 8.93. The van der Waals surface area contributed by atoms with Crippen molar-refractivity contribution in [2.45, 2.75) is 39.0 Å². The zero-order valence-electron chi connectivity index (χ0n) is 12.2. The van der Waals surface area contributed by atoms with Gasteiger partial charge in [-0.05, 0) is 44.5 Å². The fourth-order valence-electron chi connectivity index (χ4n) is 2.75. The average molecular weight is 262 g/mol. The van der Waals surface area contributed by atoms with Crippen molar-refractivity contribution in [3.8, 4) is 0 Å². The van der Waals surface area contributed by atoms with Crippen molar-refractivity contribution in [1.29, 1.82) is 0 Å². The van der Waals surface area contributed by atoms with Crippen molar-refractivity contribution in [3.63, 3.8) is 0 Å². The second kappa shape index (κ2) is 7.63. The van der Waals surface area contributed by atoms with Crippen LogP contribution < -0.4 is 5.32 Å². The van der Waals surface area contributed by atoms with Crippen LogP contribution in [0.15, 0.2) is 24.3 Å². The van der Waals surface area contributed by atoms with E-state index in [0.717, 1.165) is 26.2 Å². The third-order valence-electron chi connectivity index (χ3n) is 3.67. The third-order valence-corrected chi connectivity index (χ3v) is 3.67. The van der Waals surface area contributed by atoms with Crippen LogP contribution in [-0.2, 0) is 17.8 Å². The molecule has 1 fully saturated rings. The lowest BCUT2D eigenvalue weighted by Crippen LogP contribution is -2.39. The standard InChI is InChI=1S/C16H26N2O/c1-3-19-16-5-4-10-18(13-16)12-15-8-6-14(7-9-15)11-17-2/h6-9,16-17H,3-5,10-13H2,1-2H3. The molecular weight excluding hydrogens is 236 g/mol. The minimum atomic E-state index is 0.433. The Morgan fingerprint density at radius 2 is 2.00 bits per heavy atom. The molecule has 3 nitrogen and oxygen atoms in total. The van der Waals surface area contributed by atoms with Crippen molar-refractivity contribution >= 4 is 0 Å². The molecule has 1 atom stereocenters. The monoisotopic (exact) mass is 262 g/mol. The predicted molar refractivity (Wildman–Crippen MR) is 79.1 cm³/mol. The minimum Gasteiger partial charge on any atom is -0.377 e. The maximum Gasteiger partial charge on any atom is 0.0702 e. The van der Waals surface area contributed by atoms with Crippen LogP contribution in [0.5, 0.6) is 0 Å². The number of nitrogens with one attached hydrogen (secondary N) is 1. The Kier molecular flexibility index (Phi) is 5.83. The quantitative estimate of drug-likeness (QED) is 0.852. The number of hydrogen-bond acceptors (Lipinski definition) is 3. The summed E-state index contributed by atoms with van der Waals surface area (Å²) in [6.45, 7) is 7.17. The Morgan fingerprint density at radius 3 is 2.68 bits per heavy atom. The summed E-state index contributed by atoms with van der Waals surface area (Å²) >= 11 is 0. The van der Waals surface area contributed by atoms with Crippen LogP contribution in [0, 0.1) is 0 Å². The number of piperidine rings is 1. The Bertz CT molecular complexity index is 362. The lowest BCUT2D eigenvalue weighted by Gasteiger charge is -2.32. The largest absolute Gasteiger partial charge is 0.377 e. The number of likely N-dealkylation sites (tertiary alicyclic amines) is 1. The smallest absolute Gasteiger partial charge is 0.0702 e. The number of rotatable bonds is 6. The van der Waals surface area contributed by atoms with Gasteiger partial charge in [-0.15, -0.1) is 0 Å². The molecule has 1 aliphatic heterocycles. The Labute approximate surface area is 116 Å². The van der Waals surface area contributed by atoms with E-state index < -0.39 is 0 Å². The molecule has 2 rings (SSSR count). The van der Waals surface area contributed by atoms with Crippen LogP contribution in [0.25, 0.3) is 0 Å². The van der Waals surface area contributed by atoms with E-state index in [4.69, 9.17) is 4.74 Å². The number of ether oxygens (including phenoxy) is 1. The molecule has 106 valence electrons. The zero-order valence-corrected chi connectivity index (χ0v) is 12.2. The SMILES string of the molecule is CCOC1CCCN(Cc2ccc(CNC)cc2)C1. The van der Waals surface area contributed by atoms with E-state index in [1.165, 1.54) is 30.5 Å². The van der Waals surface area contributed by atoms with Gasteiger partial charge >= 0.3 is 0 Å². The van der Waals surface area contributed by atoms with Crippen molar-refractivity contribution in [1.82, 2.24) is 10.2 Å². The molecule has 1 aliphatic rings. The number of nitrogens with zero attached hydrogens (tertiary/aromatic N) is 1. The summed E-state index contributed by atoms with van der Waals surface area (Å²) in [7, 11) is 1.98. The van der Waals surface area contributed by atoms with Gasteiger partial charge in [-0.2, -0.15) is 0 Å². The van der Waals surface area contributed by atoms with Gasteiger partial charge in [-0.3, -0.25) is 4.90 Å². The van der Waals surface area contributed by atoms with Gasteiger partial charge < -0.3 is 10.1 Å². The van der Waals surface area contributed by atoms with Gasteiger partial charge in [-0.1, -0.05) is 24.3 Å². The predicted octanol–water partition coefficient (Wildman–Crippen LogP) is 2.41. The van der Waals surface area contributed by atoms with Crippen molar-refractivity contribution in [2.24, 2.45) is 0 Å². The summed E-state index contributed by atoms with van der Waals surface area (Å²) in [5.74, 6) is 0. The highest BCUT2D eigenvalue weighted by molar-refractivity contribution is 5.22. The van der Waals surface area contributed by atoms with E-state index >= 15 is 0 Å². The Morgan fingerprint density at radius 1 is 1.26 bits per heavy atom. The molecule has 3 heteroatoms. The van der Waals surface area contributed by atoms with E-state index in [2.05, 4.69) is 41.4 Å². The second-order valence-electron chi connectivity index (χ2n) is 5.30. The van der Waals surface area contributed by atoms with Gasteiger partial charge in [0.1, 0.15) is 0 Å². The van der Waals surface area contributed by atoms with Gasteiger partial charge in [0, 0.05) is 26.2 Å². The molecule has 1 saturated heterocycles. The maximum absolute atomic E-state index is 5.75. The summed E-state index contributed by atoms with van der Waals surface area (Å²) in [6.07, 6.45) is 2.90. The van der Waals surface area contributed by atoms with Crippen LogP contribution in [-0.4, -0.2) is 37.7 Å². The van der Waals surface area contributed by atoms with Crippen molar-refractivity contribution in [3.05, 3.63) is 35.4 Å². The van der Waals surface area contributed by atoms with E-state index in [0.29, 0.717) is 6.10 Å². The highest BCUT2D eigenvalue weighted by atomic mass is 16.5. The Hall–Kier alpha value is -0.900. The molecule has 0 bridgehead atoms. The van der Waals surface area contributed by atoms with Crippen molar-refractivity contribution in [2.75, 3.05) is 26.7 Å². The highest BCUT2D eigenvalue weighted by Crippen LogP contribution is 2.16. The first-order valence-electron chi connectivity index (χ1n) is 7.38. The maximum atomic E-state index is 5.75. The molecule has 0 saturated carbocycles. The van der Waals surface area contributed by atoms with Gasteiger partial charge in [0.15, 0.2) is 0 Å². The van der Waals surface area contributed by atoms with E-state index in [1.54, 1.807) is 0 Å². The molecule has 0 aliphatic carbocycles. The topological polar surface area (TPSA) is 24.5 Å². The lowest BCUT2D eigenvalue weighted by molar-refractivity contribution is 0.00363. The third kappa shape index (κ3) is 4.60. The summed E-state index contributed by atoms with van der Waals surface area (Å²) in [4.78, 5) is 2.51. The van der Waals surface area contributed by atoms with Crippen LogP contribution in [0.3, 0.4) is 0 Å². The van der Waals surface area contributed by atoms with E-state index in [1.807, 2.05) is 7.05 Å². The van der Waals surface area contributed by atoms with Crippen LogP contribution in [0.2, 0.25) is 0 Å². The molecule has 19 heavy (non-hydrogen) atoms. The first kappa shape index (κ1) is 14.5. The first-order chi connectivity index (χ1) is 9.31. The molecule has 1 aromatic carbocycles. The molecule has 0 radical (unpaired) electrons. The van der Waals surface area contributed by atoms with Gasteiger partial charge in [0.25, 0.3) is 0 Å². The summed E-state index contributed by atoms with van der Waals surface area (Å²) in [5, 5.41) is 3.18. The lowest BCUT2D eigenvalue weighted by atomic mass is 10.1. The molecular formula is C16H26N2O. The van der Waals surface area contributed by atoms with Gasteiger partial charge in [0.05, 0.1) is 6.10 Å². The van der Waals surface area contributed by atoms with Crippen LogP contribution >= 0.6 is 0 Å². The highest BCUT2D eigenvalue weighted by Gasteiger charge is 2.19. The Balaban J connectivity index is 1.85. The van der Waals surface area contributed by atoms with Crippen LogP contribution in [0.1, 0.15) is 30.9 Å². The fourth-order valence-corrected chi connectivity index (χ4v) is 2.75. The number of hydrogen-bond donors (Lipinski definition) is 1. The molecule has 1 N–H and O–H groups in total. The summed E-state index contributed by atoms with van der Waals surface area (Å²) in [5.41, 5.74) is 2.74. The second-order valence-corrected chi connectivity index (χ2v) is 5.30. The average Bonchev–Trinajstić information content (AvgIpc) is 2.42. The molecule has 1 aromatic rings. The number of benzene rings is 1. The van der Waals surface area contributed by atoms with Gasteiger partial charge in [0.2, 0.25) is 0 Å². The zero-order chi connectivity index (χ0) is 13.5. The van der Waals surface area contributed by atoms with Gasteiger partial charge in [-0.25, -0.2) is 0 Å². The van der Waals surface area contributed by atoms with Crippen LogP contribution in [0.4, 0.5) is 0 Å². The van der Waals surface area contributed by atoms with E-state index in [9.17, 15) is 0 Å². The molecule has 0 spiro atoms. The summed E-state index contributed by atoms with van der Waals surface area (Å²) < 4.78 is 5.75. The normalized spacial score (nSPS) is 20.6.